The molecule has 0 spiro atoms. The highest BCUT2D eigenvalue weighted by Gasteiger charge is 2.53. The molecule has 0 radical (unpaired) electrons. The van der Waals surface area contributed by atoms with Crippen LogP contribution in [0.4, 0.5) is 0 Å². The average Bonchev–Trinajstić information content (AvgIpc) is 3.24. The number of rotatable bonds is 6. The van der Waals surface area contributed by atoms with E-state index in [1.165, 1.54) is 13.5 Å². The fraction of sp³-hybridized carbons (Fsp3) is 0.400. The summed E-state index contributed by atoms with van der Waals surface area (Å²) in [4.78, 5) is 43.9. The Labute approximate surface area is 214 Å². The quantitative estimate of drug-likeness (QED) is 0.391. The number of benzene rings is 2. The second-order valence-electron chi connectivity index (χ2n) is 10.2. The molecule has 5 rings (SSSR count). The number of amides is 3. The molecule has 184 valence electrons. The van der Waals surface area contributed by atoms with Gasteiger partial charge in [-0.25, -0.2) is 0 Å². The number of fused-ring (bicyclic) bond motifs is 1. The van der Waals surface area contributed by atoms with Gasteiger partial charge in [-0.1, -0.05) is 30.3 Å². The molecule has 0 bridgehead atoms. The second kappa shape index (κ2) is 9.79. The first-order valence-corrected chi connectivity index (χ1v) is 12.5. The Balaban J connectivity index is 1.29. The Morgan fingerprint density at radius 2 is 1.72 bits per heavy atom. The molecule has 2 aromatic carbocycles. The van der Waals surface area contributed by atoms with Gasteiger partial charge in [0.15, 0.2) is 0 Å². The van der Waals surface area contributed by atoms with Crippen LogP contribution in [0.2, 0.25) is 5.82 Å². The summed E-state index contributed by atoms with van der Waals surface area (Å²) in [6, 6.07) is 13.9. The number of ether oxygens (including phenoxy) is 2. The van der Waals surface area contributed by atoms with Gasteiger partial charge in [-0.3, -0.25) is 19.3 Å². The first-order chi connectivity index (χ1) is 17.3. The first kappa shape index (κ1) is 24.7. The smallest absolute Gasteiger partial charge is 0.254 e. The number of carbonyl (C=O) groups excluding carboxylic acids is 3. The topological polar surface area (TPSA) is 79.4 Å². The maximum absolute atomic E-state index is 13.4. The van der Waals surface area contributed by atoms with Crippen molar-refractivity contribution in [3.63, 3.8) is 0 Å². The zero-order chi connectivity index (χ0) is 25.4. The Morgan fingerprint density at radius 1 is 1.03 bits per heavy atom. The number of carbonyl (C=O) groups is 3. The Kier molecular flexibility index (Phi) is 6.70. The normalized spacial score (nSPS) is 24.8. The molecule has 3 amide bonds. The van der Waals surface area contributed by atoms with Crippen molar-refractivity contribution in [3.8, 4) is 5.75 Å². The minimum absolute atomic E-state index is 0.201. The molecule has 8 nitrogen and oxygen atoms in total. The van der Waals surface area contributed by atoms with Gasteiger partial charge in [0, 0.05) is 37.2 Å². The van der Waals surface area contributed by atoms with Crippen LogP contribution in [0.3, 0.4) is 0 Å². The summed E-state index contributed by atoms with van der Waals surface area (Å²) in [7, 11) is 5.12. The largest absolute Gasteiger partial charge is 0.489 e. The SMILES string of the molecule is BC1CC(=O)N(B)C(=O)C1(B)N1Cc2c(OCc3ccc(CN4CCOCC4)cc3)cccc2C1=O. The van der Waals surface area contributed by atoms with Crippen molar-refractivity contribution in [1.82, 2.24) is 14.6 Å². The summed E-state index contributed by atoms with van der Waals surface area (Å²) in [5.41, 5.74) is 2.54. The van der Waals surface area contributed by atoms with Crippen LogP contribution in [0.15, 0.2) is 42.5 Å². The lowest BCUT2D eigenvalue weighted by atomic mass is 9.55. The van der Waals surface area contributed by atoms with E-state index in [1.54, 1.807) is 18.8 Å². The molecule has 0 aliphatic carbocycles. The lowest BCUT2D eigenvalue weighted by molar-refractivity contribution is -0.147. The van der Waals surface area contributed by atoms with E-state index in [2.05, 4.69) is 29.2 Å². The average molecular weight is 485 g/mol. The van der Waals surface area contributed by atoms with E-state index in [0.29, 0.717) is 17.9 Å². The van der Waals surface area contributed by atoms with E-state index in [4.69, 9.17) is 9.47 Å². The standard InChI is InChI=1S/C25H30B3N3O5/c26-21-12-22(32)31(28)24(34)25(21,27)30-14-19-18(23(30)33)2-1-3-20(19)36-15-17-6-4-16(5-7-17)13-29-8-10-35-11-9-29/h1-7,21H,8-15,26-28H2. The van der Waals surface area contributed by atoms with E-state index in [1.807, 2.05) is 20.0 Å². The Hall–Kier alpha value is -3.04. The highest BCUT2D eigenvalue weighted by atomic mass is 16.5. The summed E-state index contributed by atoms with van der Waals surface area (Å²) in [6.07, 6.45) is 0.226. The summed E-state index contributed by atoms with van der Waals surface area (Å²) >= 11 is 0. The third kappa shape index (κ3) is 4.35. The van der Waals surface area contributed by atoms with Crippen LogP contribution in [0, 0.1) is 0 Å². The monoisotopic (exact) mass is 485 g/mol. The van der Waals surface area contributed by atoms with E-state index in [0.717, 1.165) is 48.8 Å². The molecular formula is C25H30B3N3O5. The van der Waals surface area contributed by atoms with Crippen LogP contribution in [0.25, 0.3) is 0 Å². The van der Waals surface area contributed by atoms with Crippen LogP contribution in [0.1, 0.15) is 33.5 Å². The minimum atomic E-state index is -1.09. The first-order valence-electron chi connectivity index (χ1n) is 12.5. The molecule has 2 saturated heterocycles. The van der Waals surface area contributed by atoms with Crippen LogP contribution in [-0.4, -0.2) is 87.7 Å². The van der Waals surface area contributed by atoms with Crippen molar-refractivity contribution in [1.29, 1.82) is 0 Å². The molecule has 11 heteroatoms. The minimum Gasteiger partial charge on any atom is -0.489 e. The molecule has 3 heterocycles. The van der Waals surface area contributed by atoms with Crippen LogP contribution < -0.4 is 4.74 Å². The molecule has 0 aromatic heterocycles. The van der Waals surface area contributed by atoms with Gasteiger partial charge in [0.05, 0.1) is 25.2 Å². The zero-order valence-electron chi connectivity index (χ0n) is 21.2. The number of piperidine rings is 1. The molecule has 0 N–H and O–H groups in total. The van der Waals surface area contributed by atoms with Gasteiger partial charge in [0.2, 0.25) is 19.8 Å². The molecule has 36 heavy (non-hydrogen) atoms. The lowest BCUT2D eigenvalue weighted by Gasteiger charge is -2.47. The Morgan fingerprint density at radius 3 is 2.44 bits per heavy atom. The number of morpholine rings is 1. The lowest BCUT2D eigenvalue weighted by Crippen LogP contribution is -2.66. The van der Waals surface area contributed by atoms with Crippen molar-refractivity contribution in [2.75, 3.05) is 26.3 Å². The number of hydrogen-bond acceptors (Lipinski definition) is 6. The molecule has 0 saturated carbocycles. The van der Waals surface area contributed by atoms with Crippen molar-refractivity contribution < 1.29 is 23.9 Å². The molecular weight excluding hydrogens is 455 g/mol. The molecule has 3 aliphatic heterocycles. The van der Waals surface area contributed by atoms with Crippen molar-refractivity contribution in [2.24, 2.45) is 0 Å². The number of hydrogen-bond donors (Lipinski definition) is 0. The van der Waals surface area contributed by atoms with Crippen LogP contribution in [0.5, 0.6) is 5.75 Å². The number of nitrogens with zero attached hydrogens (tertiary/aromatic N) is 3. The van der Waals surface area contributed by atoms with Crippen molar-refractivity contribution >= 4 is 41.4 Å². The fourth-order valence-electron chi connectivity index (χ4n) is 5.38. The summed E-state index contributed by atoms with van der Waals surface area (Å²) in [5, 5.41) is 0. The fourth-order valence-corrected chi connectivity index (χ4v) is 5.38. The van der Waals surface area contributed by atoms with E-state index in [9.17, 15) is 14.4 Å². The van der Waals surface area contributed by atoms with Gasteiger partial charge in [-0.2, -0.15) is 0 Å². The highest BCUT2D eigenvalue weighted by molar-refractivity contribution is 6.42. The maximum Gasteiger partial charge on any atom is 0.254 e. The summed E-state index contributed by atoms with van der Waals surface area (Å²) in [6.45, 7) is 5.04. The van der Waals surface area contributed by atoms with Gasteiger partial charge in [0.1, 0.15) is 28.0 Å². The molecule has 3 aliphatic rings. The van der Waals surface area contributed by atoms with Crippen LogP contribution in [-0.2, 0) is 34.0 Å². The predicted octanol–water partition coefficient (Wildman–Crippen LogP) is -0.888. The van der Waals surface area contributed by atoms with Gasteiger partial charge in [-0.15, -0.1) is 0 Å². The van der Waals surface area contributed by atoms with Gasteiger partial charge in [0.25, 0.3) is 5.91 Å². The molecule has 2 fully saturated rings. The second-order valence-corrected chi connectivity index (χ2v) is 10.2. The van der Waals surface area contributed by atoms with Gasteiger partial charge < -0.3 is 19.2 Å². The van der Waals surface area contributed by atoms with Crippen molar-refractivity contribution in [2.45, 2.75) is 37.4 Å². The highest BCUT2D eigenvalue weighted by Crippen LogP contribution is 2.41. The van der Waals surface area contributed by atoms with E-state index in [-0.39, 0.29) is 36.5 Å². The van der Waals surface area contributed by atoms with Crippen LogP contribution >= 0.6 is 0 Å². The van der Waals surface area contributed by atoms with Gasteiger partial charge in [-0.05, 0) is 29.1 Å². The third-order valence-electron chi connectivity index (χ3n) is 7.96. The Bertz CT molecular complexity index is 1190. The predicted molar refractivity (Wildman–Crippen MR) is 142 cm³/mol. The number of imide groups is 1. The molecule has 2 atom stereocenters. The van der Waals surface area contributed by atoms with E-state index < -0.39 is 5.44 Å². The summed E-state index contributed by atoms with van der Waals surface area (Å²) < 4.78 is 11.6. The maximum atomic E-state index is 13.4. The zero-order valence-corrected chi connectivity index (χ0v) is 21.2. The van der Waals surface area contributed by atoms with Gasteiger partial charge >= 0.3 is 0 Å². The van der Waals surface area contributed by atoms with Crippen molar-refractivity contribution in [3.05, 3.63) is 64.7 Å². The van der Waals surface area contributed by atoms with E-state index >= 15 is 0 Å². The molecule has 2 aromatic rings. The third-order valence-corrected chi connectivity index (χ3v) is 7.96. The molecule has 2 unspecified atom stereocenters. The summed E-state index contributed by atoms with van der Waals surface area (Å²) in [5.74, 6) is -0.397.